The molecule has 2 rings (SSSR count). The number of hydrogen-bond acceptors (Lipinski definition) is 3. The first-order valence-corrected chi connectivity index (χ1v) is 7.52. The molecule has 0 bridgehead atoms. The number of carbonyl (C=O) groups excluding carboxylic acids is 1. The molecule has 0 fully saturated rings. The number of amides is 1. The SMILES string of the molecule is Cc1cccc(OCCC(=O)Nc2cc(Br)cnc2Cl)c1. The van der Waals surface area contributed by atoms with Gasteiger partial charge in [-0.2, -0.15) is 0 Å². The third kappa shape index (κ3) is 5.02. The Morgan fingerprint density at radius 2 is 2.24 bits per heavy atom. The molecule has 0 aliphatic heterocycles. The van der Waals surface area contributed by atoms with Crippen molar-refractivity contribution in [3.63, 3.8) is 0 Å². The van der Waals surface area contributed by atoms with E-state index in [9.17, 15) is 4.79 Å². The average molecular weight is 370 g/mol. The molecule has 0 aliphatic rings. The minimum atomic E-state index is -0.176. The van der Waals surface area contributed by atoms with Gasteiger partial charge in [-0.3, -0.25) is 4.79 Å². The molecule has 1 amide bonds. The molecule has 1 heterocycles. The van der Waals surface area contributed by atoms with Crippen LogP contribution in [0.4, 0.5) is 5.69 Å². The molecule has 0 spiro atoms. The van der Waals surface area contributed by atoms with Gasteiger partial charge < -0.3 is 10.1 Å². The molecule has 0 radical (unpaired) electrons. The van der Waals surface area contributed by atoms with Crippen LogP contribution in [-0.4, -0.2) is 17.5 Å². The Hall–Kier alpha value is -1.59. The highest BCUT2D eigenvalue weighted by Gasteiger charge is 2.08. The molecular formula is C15H14BrClN2O2. The Kier molecular flexibility index (Phi) is 5.59. The van der Waals surface area contributed by atoms with Gasteiger partial charge in [0.05, 0.1) is 18.7 Å². The minimum Gasteiger partial charge on any atom is -0.493 e. The van der Waals surface area contributed by atoms with Gasteiger partial charge >= 0.3 is 0 Å². The minimum absolute atomic E-state index is 0.176. The number of hydrogen-bond donors (Lipinski definition) is 1. The van der Waals surface area contributed by atoms with Gasteiger partial charge in [-0.1, -0.05) is 23.7 Å². The summed E-state index contributed by atoms with van der Waals surface area (Å²) < 4.78 is 6.28. The lowest BCUT2D eigenvalue weighted by Crippen LogP contribution is -2.15. The number of benzene rings is 1. The number of carbonyl (C=O) groups is 1. The summed E-state index contributed by atoms with van der Waals surface area (Å²) >= 11 is 9.19. The maximum atomic E-state index is 11.8. The van der Waals surface area contributed by atoms with Crippen LogP contribution in [0.15, 0.2) is 41.0 Å². The van der Waals surface area contributed by atoms with Crippen molar-refractivity contribution in [2.45, 2.75) is 13.3 Å². The molecular weight excluding hydrogens is 356 g/mol. The fourth-order valence-electron chi connectivity index (χ4n) is 1.69. The zero-order valence-corrected chi connectivity index (χ0v) is 13.7. The number of nitrogens with zero attached hydrogens (tertiary/aromatic N) is 1. The highest BCUT2D eigenvalue weighted by molar-refractivity contribution is 9.10. The summed E-state index contributed by atoms with van der Waals surface area (Å²) in [6.45, 7) is 2.29. The lowest BCUT2D eigenvalue weighted by Gasteiger charge is -2.08. The van der Waals surface area contributed by atoms with Crippen molar-refractivity contribution in [3.05, 3.63) is 51.7 Å². The highest BCUT2D eigenvalue weighted by Crippen LogP contribution is 2.23. The van der Waals surface area contributed by atoms with Gasteiger partial charge in [0.25, 0.3) is 0 Å². The van der Waals surface area contributed by atoms with Gasteiger partial charge in [0.15, 0.2) is 5.15 Å². The molecule has 1 aromatic heterocycles. The second-order valence-corrected chi connectivity index (χ2v) is 5.73. The number of aromatic nitrogens is 1. The summed E-state index contributed by atoms with van der Waals surface area (Å²) in [7, 11) is 0. The lowest BCUT2D eigenvalue weighted by molar-refractivity contribution is -0.116. The number of anilines is 1. The van der Waals surface area contributed by atoms with Crippen molar-refractivity contribution in [3.8, 4) is 5.75 Å². The van der Waals surface area contributed by atoms with Crippen LogP contribution in [-0.2, 0) is 4.79 Å². The number of pyridine rings is 1. The van der Waals surface area contributed by atoms with Crippen molar-refractivity contribution in [2.75, 3.05) is 11.9 Å². The van der Waals surface area contributed by atoms with Crippen LogP contribution in [0.1, 0.15) is 12.0 Å². The Bertz CT molecular complexity index is 649. The molecule has 110 valence electrons. The van der Waals surface area contributed by atoms with Gasteiger partial charge in [-0.25, -0.2) is 4.98 Å². The maximum absolute atomic E-state index is 11.8. The maximum Gasteiger partial charge on any atom is 0.227 e. The number of aryl methyl sites for hydroxylation is 1. The van der Waals surface area contributed by atoms with Crippen molar-refractivity contribution >= 4 is 39.1 Å². The third-order valence-electron chi connectivity index (χ3n) is 2.67. The summed E-state index contributed by atoms with van der Waals surface area (Å²) in [6.07, 6.45) is 1.80. The van der Waals surface area contributed by atoms with E-state index >= 15 is 0 Å². The molecule has 2 aromatic rings. The zero-order chi connectivity index (χ0) is 15.2. The summed E-state index contributed by atoms with van der Waals surface area (Å²) in [5.41, 5.74) is 1.59. The van der Waals surface area contributed by atoms with Crippen LogP contribution in [0.5, 0.6) is 5.75 Å². The van der Waals surface area contributed by atoms with Gasteiger partial charge in [0.2, 0.25) is 5.91 Å². The van der Waals surface area contributed by atoms with Gasteiger partial charge in [-0.15, -0.1) is 0 Å². The van der Waals surface area contributed by atoms with Crippen LogP contribution < -0.4 is 10.1 Å². The first-order valence-electron chi connectivity index (χ1n) is 6.35. The normalized spacial score (nSPS) is 10.2. The zero-order valence-electron chi connectivity index (χ0n) is 11.4. The molecule has 0 aliphatic carbocycles. The Labute approximate surface area is 136 Å². The molecule has 1 aromatic carbocycles. The topological polar surface area (TPSA) is 51.2 Å². The smallest absolute Gasteiger partial charge is 0.227 e. The molecule has 0 unspecified atom stereocenters. The molecule has 0 saturated carbocycles. The molecule has 0 saturated heterocycles. The van der Waals surface area contributed by atoms with Crippen molar-refractivity contribution in [1.82, 2.24) is 4.98 Å². The largest absolute Gasteiger partial charge is 0.493 e. The summed E-state index contributed by atoms with van der Waals surface area (Å²) in [5, 5.41) is 2.96. The van der Waals surface area contributed by atoms with Crippen LogP contribution >= 0.6 is 27.5 Å². The molecule has 1 N–H and O–H groups in total. The first kappa shape index (κ1) is 15.8. The van der Waals surface area contributed by atoms with Crippen molar-refractivity contribution in [2.24, 2.45) is 0 Å². The average Bonchev–Trinajstić information content (AvgIpc) is 2.43. The number of nitrogens with one attached hydrogen (secondary N) is 1. The van der Waals surface area contributed by atoms with Gasteiger partial charge in [0, 0.05) is 10.7 Å². The number of rotatable bonds is 5. The quantitative estimate of drug-likeness (QED) is 0.803. The molecule has 6 heteroatoms. The Morgan fingerprint density at radius 1 is 1.43 bits per heavy atom. The van der Waals surface area contributed by atoms with Crippen molar-refractivity contribution < 1.29 is 9.53 Å². The third-order valence-corrected chi connectivity index (χ3v) is 3.40. The standard InChI is InChI=1S/C15H14BrClN2O2/c1-10-3-2-4-12(7-10)21-6-5-14(20)19-13-8-11(16)9-18-15(13)17/h2-4,7-9H,5-6H2,1H3,(H,19,20). The highest BCUT2D eigenvalue weighted by atomic mass is 79.9. The molecule has 4 nitrogen and oxygen atoms in total. The monoisotopic (exact) mass is 368 g/mol. The molecule has 21 heavy (non-hydrogen) atoms. The summed E-state index contributed by atoms with van der Waals surface area (Å²) in [6, 6.07) is 9.39. The molecule has 0 atom stereocenters. The second-order valence-electron chi connectivity index (χ2n) is 4.46. The van der Waals surface area contributed by atoms with Crippen molar-refractivity contribution in [1.29, 1.82) is 0 Å². The predicted octanol–water partition coefficient (Wildman–Crippen LogP) is 4.21. The van der Waals surface area contributed by atoms with Gasteiger partial charge in [-0.05, 0) is 46.6 Å². The fourth-order valence-corrected chi connectivity index (χ4v) is 2.17. The summed E-state index contributed by atoms with van der Waals surface area (Å²) in [5.74, 6) is 0.578. The summed E-state index contributed by atoms with van der Waals surface area (Å²) in [4.78, 5) is 15.8. The van der Waals surface area contributed by atoms with E-state index in [1.54, 1.807) is 12.3 Å². The Morgan fingerprint density at radius 3 is 3.00 bits per heavy atom. The van der Waals surface area contributed by atoms with E-state index in [-0.39, 0.29) is 17.5 Å². The van der Waals surface area contributed by atoms with E-state index in [0.29, 0.717) is 12.3 Å². The van der Waals surface area contributed by atoms with E-state index in [1.807, 2.05) is 31.2 Å². The van der Waals surface area contributed by atoms with E-state index in [4.69, 9.17) is 16.3 Å². The number of halogens is 2. The van der Waals surface area contributed by atoms with E-state index in [1.165, 1.54) is 0 Å². The fraction of sp³-hybridized carbons (Fsp3) is 0.200. The van der Waals surface area contributed by atoms with Crippen LogP contribution in [0.2, 0.25) is 5.15 Å². The van der Waals surface area contributed by atoms with Crippen LogP contribution in [0.3, 0.4) is 0 Å². The second kappa shape index (κ2) is 7.43. The van der Waals surface area contributed by atoms with Crippen LogP contribution in [0, 0.1) is 6.92 Å². The predicted molar refractivity (Wildman–Crippen MR) is 86.9 cm³/mol. The van der Waals surface area contributed by atoms with Crippen LogP contribution in [0.25, 0.3) is 0 Å². The first-order chi connectivity index (χ1) is 10.0. The van der Waals surface area contributed by atoms with E-state index in [0.717, 1.165) is 15.8 Å². The van der Waals surface area contributed by atoms with E-state index < -0.39 is 0 Å². The Balaban J connectivity index is 1.84. The lowest BCUT2D eigenvalue weighted by atomic mass is 10.2. The van der Waals surface area contributed by atoms with Gasteiger partial charge in [0.1, 0.15) is 5.75 Å². The number of ether oxygens (including phenoxy) is 1. The van der Waals surface area contributed by atoms with E-state index in [2.05, 4.69) is 26.2 Å².